The molecule has 0 unspecified atom stereocenters. The lowest BCUT2D eigenvalue weighted by Crippen LogP contribution is -2.01. The minimum atomic E-state index is -0.966. The molecule has 1 aromatic carbocycles. The van der Waals surface area contributed by atoms with Crippen LogP contribution in [0.25, 0.3) is 0 Å². The second kappa shape index (κ2) is 5.00. The van der Waals surface area contributed by atoms with Gasteiger partial charge >= 0.3 is 5.97 Å². The third-order valence-corrected chi connectivity index (χ3v) is 2.28. The number of rotatable bonds is 4. The molecule has 0 aliphatic rings. The van der Waals surface area contributed by atoms with Crippen molar-refractivity contribution in [2.45, 2.75) is 6.42 Å². The molecule has 0 saturated heterocycles. The third-order valence-electron chi connectivity index (χ3n) is 1.88. The molecule has 1 N–H and O–H groups in total. The minimum absolute atomic E-state index is 0.200. The Bertz CT molecular complexity index is 336. The highest BCUT2D eigenvalue weighted by atomic mass is 79.9. The molecule has 0 aromatic heterocycles. The van der Waals surface area contributed by atoms with Gasteiger partial charge in [0.15, 0.2) is 0 Å². The van der Waals surface area contributed by atoms with E-state index in [0.29, 0.717) is 5.75 Å². The molecule has 0 aliphatic carbocycles. The van der Waals surface area contributed by atoms with Crippen LogP contribution in [0, 0.1) is 0 Å². The highest BCUT2D eigenvalue weighted by molar-refractivity contribution is 9.09. The summed E-state index contributed by atoms with van der Waals surface area (Å²) in [5, 5.41) is 9.68. The van der Waals surface area contributed by atoms with Crippen LogP contribution in [0.5, 0.6) is 5.75 Å². The number of carbonyl (C=O) groups is 1. The number of hydrogen-bond acceptors (Lipinski definition) is 2. The molecule has 0 saturated carbocycles. The normalized spacial score (nSPS) is 9.86. The average Bonchev–Trinajstić information content (AvgIpc) is 2.17. The topological polar surface area (TPSA) is 46.5 Å². The molecular formula is C10H11BrO3. The number of carboxylic acids is 1. The Morgan fingerprint density at radius 2 is 2.29 bits per heavy atom. The van der Waals surface area contributed by atoms with E-state index in [9.17, 15) is 4.79 Å². The first-order valence-corrected chi connectivity index (χ1v) is 5.27. The molecule has 0 spiro atoms. The van der Waals surface area contributed by atoms with Crippen molar-refractivity contribution >= 4 is 21.9 Å². The zero-order chi connectivity index (χ0) is 10.6. The van der Waals surface area contributed by atoms with Gasteiger partial charge in [-0.3, -0.25) is 0 Å². The lowest BCUT2D eigenvalue weighted by atomic mass is 10.1. The van der Waals surface area contributed by atoms with E-state index in [0.717, 1.165) is 17.3 Å². The summed E-state index contributed by atoms with van der Waals surface area (Å²) in [7, 11) is 1.47. The van der Waals surface area contributed by atoms with Gasteiger partial charge in [-0.1, -0.05) is 22.0 Å². The summed E-state index contributed by atoms with van der Waals surface area (Å²) in [6, 6.07) is 5.12. The first-order valence-electron chi connectivity index (χ1n) is 4.15. The van der Waals surface area contributed by atoms with E-state index >= 15 is 0 Å². The van der Waals surface area contributed by atoms with Gasteiger partial charge in [0.2, 0.25) is 0 Å². The van der Waals surface area contributed by atoms with Crippen LogP contribution in [-0.2, 0) is 6.42 Å². The Morgan fingerprint density at radius 3 is 2.79 bits per heavy atom. The number of aryl methyl sites for hydroxylation is 1. The lowest BCUT2D eigenvalue weighted by molar-refractivity contribution is 0.0693. The Balaban J connectivity index is 3.05. The van der Waals surface area contributed by atoms with Crippen LogP contribution in [0.3, 0.4) is 0 Å². The van der Waals surface area contributed by atoms with Crippen molar-refractivity contribution in [1.82, 2.24) is 0 Å². The molecule has 76 valence electrons. The molecule has 0 heterocycles. The van der Waals surface area contributed by atoms with E-state index in [1.807, 2.05) is 0 Å². The predicted octanol–water partition coefficient (Wildman–Crippen LogP) is 2.33. The minimum Gasteiger partial charge on any atom is -0.496 e. The van der Waals surface area contributed by atoms with E-state index in [1.165, 1.54) is 7.11 Å². The summed E-state index contributed by atoms with van der Waals surface area (Å²) in [5.41, 5.74) is 1.26. The SMILES string of the molecule is COc1cc(CCBr)ccc1C(=O)O. The Kier molecular flexibility index (Phi) is 3.95. The van der Waals surface area contributed by atoms with Crippen molar-refractivity contribution < 1.29 is 14.6 Å². The van der Waals surface area contributed by atoms with Gasteiger partial charge in [-0.05, 0) is 24.1 Å². The number of carboxylic acid groups (broad SMARTS) is 1. The fourth-order valence-corrected chi connectivity index (χ4v) is 1.63. The predicted molar refractivity (Wildman–Crippen MR) is 57.5 cm³/mol. The molecule has 1 rings (SSSR count). The Labute approximate surface area is 90.8 Å². The molecule has 0 fully saturated rings. The second-order valence-electron chi connectivity index (χ2n) is 2.78. The number of methoxy groups -OCH3 is 1. The highest BCUT2D eigenvalue weighted by Crippen LogP contribution is 2.20. The molecule has 0 amide bonds. The first-order chi connectivity index (χ1) is 6.69. The van der Waals surface area contributed by atoms with E-state index in [4.69, 9.17) is 9.84 Å². The van der Waals surface area contributed by atoms with Gasteiger partial charge in [0.05, 0.1) is 7.11 Å². The van der Waals surface area contributed by atoms with E-state index in [-0.39, 0.29) is 5.56 Å². The Morgan fingerprint density at radius 1 is 1.57 bits per heavy atom. The largest absolute Gasteiger partial charge is 0.496 e. The highest BCUT2D eigenvalue weighted by Gasteiger charge is 2.10. The van der Waals surface area contributed by atoms with E-state index in [2.05, 4.69) is 15.9 Å². The molecule has 1 aromatic rings. The van der Waals surface area contributed by atoms with Gasteiger partial charge in [0.1, 0.15) is 11.3 Å². The number of halogens is 1. The number of alkyl halides is 1. The van der Waals surface area contributed by atoms with Crippen LogP contribution in [0.4, 0.5) is 0 Å². The maximum Gasteiger partial charge on any atom is 0.339 e. The fraction of sp³-hybridized carbons (Fsp3) is 0.300. The van der Waals surface area contributed by atoms with E-state index in [1.54, 1.807) is 18.2 Å². The fourth-order valence-electron chi connectivity index (χ4n) is 1.18. The van der Waals surface area contributed by atoms with E-state index < -0.39 is 5.97 Å². The molecular weight excluding hydrogens is 248 g/mol. The standard InChI is InChI=1S/C10H11BrO3/c1-14-9-6-7(4-5-11)2-3-8(9)10(12)13/h2-3,6H,4-5H2,1H3,(H,12,13). The van der Waals surface area contributed by atoms with Gasteiger partial charge in [0.25, 0.3) is 0 Å². The molecule has 4 heteroatoms. The van der Waals surface area contributed by atoms with Crippen LogP contribution in [0.2, 0.25) is 0 Å². The van der Waals surface area contributed by atoms with Crippen molar-refractivity contribution in [3.05, 3.63) is 29.3 Å². The number of aromatic carboxylic acids is 1. The quantitative estimate of drug-likeness (QED) is 0.844. The van der Waals surface area contributed by atoms with Crippen molar-refractivity contribution in [2.75, 3.05) is 12.4 Å². The van der Waals surface area contributed by atoms with Crippen molar-refractivity contribution in [1.29, 1.82) is 0 Å². The smallest absolute Gasteiger partial charge is 0.339 e. The lowest BCUT2D eigenvalue weighted by Gasteiger charge is -2.06. The molecule has 0 atom stereocenters. The summed E-state index contributed by atoms with van der Waals surface area (Å²) < 4.78 is 5.00. The summed E-state index contributed by atoms with van der Waals surface area (Å²) in [4.78, 5) is 10.8. The molecule has 0 bridgehead atoms. The van der Waals surface area contributed by atoms with Gasteiger partial charge < -0.3 is 9.84 Å². The van der Waals surface area contributed by atoms with Crippen LogP contribution >= 0.6 is 15.9 Å². The summed E-state index contributed by atoms with van der Waals surface area (Å²) in [6.07, 6.45) is 0.857. The summed E-state index contributed by atoms with van der Waals surface area (Å²) >= 11 is 3.32. The van der Waals surface area contributed by atoms with Crippen molar-refractivity contribution in [3.8, 4) is 5.75 Å². The average molecular weight is 259 g/mol. The molecule has 0 aliphatic heterocycles. The summed E-state index contributed by atoms with van der Waals surface area (Å²) in [6.45, 7) is 0. The second-order valence-corrected chi connectivity index (χ2v) is 3.57. The van der Waals surface area contributed by atoms with Gasteiger partial charge in [-0.2, -0.15) is 0 Å². The van der Waals surface area contributed by atoms with Crippen molar-refractivity contribution in [3.63, 3.8) is 0 Å². The maximum atomic E-state index is 10.8. The maximum absolute atomic E-state index is 10.8. The Hall–Kier alpha value is -1.03. The molecule has 0 radical (unpaired) electrons. The van der Waals surface area contributed by atoms with Crippen molar-refractivity contribution in [2.24, 2.45) is 0 Å². The third kappa shape index (κ3) is 2.48. The van der Waals surface area contributed by atoms with Crippen LogP contribution in [-0.4, -0.2) is 23.5 Å². The zero-order valence-electron chi connectivity index (χ0n) is 7.79. The first kappa shape index (κ1) is 11.0. The van der Waals surface area contributed by atoms with Crippen LogP contribution in [0.15, 0.2) is 18.2 Å². The number of ether oxygens (including phenoxy) is 1. The monoisotopic (exact) mass is 258 g/mol. The zero-order valence-corrected chi connectivity index (χ0v) is 9.37. The number of benzene rings is 1. The van der Waals surface area contributed by atoms with Gasteiger partial charge in [-0.25, -0.2) is 4.79 Å². The van der Waals surface area contributed by atoms with Crippen LogP contribution < -0.4 is 4.74 Å². The number of hydrogen-bond donors (Lipinski definition) is 1. The molecule has 14 heavy (non-hydrogen) atoms. The van der Waals surface area contributed by atoms with Gasteiger partial charge in [-0.15, -0.1) is 0 Å². The molecule has 3 nitrogen and oxygen atoms in total. The van der Waals surface area contributed by atoms with Gasteiger partial charge in [0, 0.05) is 5.33 Å². The van der Waals surface area contributed by atoms with Crippen LogP contribution in [0.1, 0.15) is 15.9 Å². The summed E-state index contributed by atoms with van der Waals surface area (Å²) in [5.74, 6) is -0.553.